The highest BCUT2D eigenvalue weighted by Gasteiger charge is 2.20. The Morgan fingerprint density at radius 2 is 2.08 bits per heavy atom. The first-order valence-electron chi connectivity index (χ1n) is 5.20. The van der Waals surface area contributed by atoms with Crippen LogP contribution in [0.15, 0.2) is 0 Å². The zero-order valence-corrected chi connectivity index (χ0v) is 8.33. The lowest BCUT2D eigenvalue weighted by atomic mass is 10.1. The second-order valence-electron chi connectivity index (χ2n) is 3.74. The largest absolute Gasteiger partial charge is 0.481 e. The highest BCUT2D eigenvalue weighted by molar-refractivity contribution is 5.66. The van der Waals surface area contributed by atoms with E-state index in [-0.39, 0.29) is 0 Å². The third kappa shape index (κ3) is 3.35. The molecule has 0 bridgehead atoms. The molecule has 0 aliphatic carbocycles. The summed E-state index contributed by atoms with van der Waals surface area (Å²) in [5, 5.41) is 8.58. The van der Waals surface area contributed by atoms with Crippen LogP contribution in [0.25, 0.3) is 0 Å². The van der Waals surface area contributed by atoms with E-state index in [1.165, 1.54) is 12.8 Å². The summed E-state index contributed by atoms with van der Waals surface area (Å²) in [6, 6.07) is 0.499. The van der Waals surface area contributed by atoms with Gasteiger partial charge in [0.05, 0.1) is 0 Å². The van der Waals surface area contributed by atoms with Crippen LogP contribution >= 0.6 is 0 Å². The van der Waals surface area contributed by atoms with Crippen molar-refractivity contribution in [1.29, 1.82) is 0 Å². The first-order chi connectivity index (χ1) is 6.24. The monoisotopic (exact) mass is 185 g/mol. The zero-order chi connectivity index (χ0) is 9.68. The molecule has 3 nitrogen and oxygen atoms in total. The van der Waals surface area contributed by atoms with Crippen molar-refractivity contribution in [3.8, 4) is 0 Å². The van der Waals surface area contributed by atoms with E-state index in [0.29, 0.717) is 12.5 Å². The van der Waals surface area contributed by atoms with Gasteiger partial charge in [0.15, 0.2) is 0 Å². The molecule has 1 fully saturated rings. The van der Waals surface area contributed by atoms with Gasteiger partial charge in [-0.1, -0.05) is 6.92 Å². The van der Waals surface area contributed by atoms with Crippen molar-refractivity contribution in [1.82, 2.24) is 4.90 Å². The smallest absolute Gasteiger partial charge is 0.303 e. The van der Waals surface area contributed by atoms with Crippen molar-refractivity contribution >= 4 is 5.97 Å². The number of carboxylic acid groups (broad SMARTS) is 1. The van der Waals surface area contributed by atoms with Gasteiger partial charge in [0.2, 0.25) is 0 Å². The summed E-state index contributed by atoms with van der Waals surface area (Å²) in [6.07, 6.45) is 4.77. The van der Waals surface area contributed by atoms with E-state index in [1.807, 2.05) is 0 Å². The number of nitrogens with zero attached hydrogens (tertiary/aromatic N) is 1. The van der Waals surface area contributed by atoms with E-state index < -0.39 is 5.97 Å². The van der Waals surface area contributed by atoms with Gasteiger partial charge in [-0.15, -0.1) is 0 Å². The Morgan fingerprint density at radius 3 is 2.54 bits per heavy atom. The van der Waals surface area contributed by atoms with Gasteiger partial charge in [0.1, 0.15) is 0 Å². The fourth-order valence-electron chi connectivity index (χ4n) is 2.04. The standard InChI is InChI=1S/C10H19NO2/c1-2-9(5-6-10(12)13)11-7-3-4-8-11/h9H,2-8H2,1H3,(H,12,13). The second-order valence-corrected chi connectivity index (χ2v) is 3.74. The van der Waals surface area contributed by atoms with Crippen molar-refractivity contribution in [2.75, 3.05) is 13.1 Å². The van der Waals surface area contributed by atoms with Crippen LogP contribution in [0.4, 0.5) is 0 Å². The molecule has 1 N–H and O–H groups in total. The molecular formula is C10H19NO2. The minimum atomic E-state index is -0.669. The van der Waals surface area contributed by atoms with Crippen molar-refractivity contribution in [3.05, 3.63) is 0 Å². The van der Waals surface area contributed by atoms with Gasteiger partial charge in [-0.2, -0.15) is 0 Å². The second kappa shape index (κ2) is 5.22. The molecule has 76 valence electrons. The molecule has 1 atom stereocenters. The molecule has 1 rings (SSSR count). The highest BCUT2D eigenvalue weighted by Crippen LogP contribution is 2.17. The minimum Gasteiger partial charge on any atom is -0.481 e. The Morgan fingerprint density at radius 1 is 1.46 bits per heavy atom. The van der Waals surface area contributed by atoms with Gasteiger partial charge in [-0.05, 0) is 38.8 Å². The van der Waals surface area contributed by atoms with Gasteiger partial charge in [-0.25, -0.2) is 0 Å². The van der Waals surface area contributed by atoms with Crippen molar-refractivity contribution in [3.63, 3.8) is 0 Å². The summed E-state index contributed by atoms with van der Waals surface area (Å²) < 4.78 is 0. The summed E-state index contributed by atoms with van der Waals surface area (Å²) in [4.78, 5) is 12.8. The first-order valence-corrected chi connectivity index (χ1v) is 5.20. The summed E-state index contributed by atoms with van der Waals surface area (Å²) in [6.45, 7) is 4.47. The molecule has 0 aromatic heterocycles. The number of aliphatic carboxylic acids is 1. The Hall–Kier alpha value is -0.570. The average molecular weight is 185 g/mol. The fraction of sp³-hybridized carbons (Fsp3) is 0.900. The number of likely N-dealkylation sites (tertiary alicyclic amines) is 1. The first kappa shape index (κ1) is 10.5. The number of rotatable bonds is 5. The molecule has 1 saturated heterocycles. The lowest BCUT2D eigenvalue weighted by molar-refractivity contribution is -0.137. The minimum absolute atomic E-state index is 0.314. The van der Waals surface area contributed by atoms with E-state index >= 15 is 0 Å². The number of carbonyl (C=O) groups is 1. The maximum absolute atomic E-state index is 10.4. The van der Waals surface area contributed by atoms with Crippen LogP contribution in [0.3, 0.4) is 0 Å². The molecule has 0 aromatic rings. The van der Waals surface area contributed by atoms with Gasteiger partial charge < -0.3 is 10.0 Å². The van der Waals surface area contributed by atoms with Crippen LogP contribution in [0.1, 0.15) is 39.0 Å². The van der Waals surface area contributed by atoms with E-state index in [0.717, 1.165) is 25.9 Å². The maximum atomic E-state index is 10.4. The van der Waals surface area contributed by atoms with Gasteiger partial charge >= 0.3 is 5.97 Å². The van der Waals surface area contributed by atoms with Gasteiger partial charge in [-0.3, -0.25) is 4.79 Å². The molecule has 0 radical (unpaired) electrons. The summed E-state index contributed by atoms with van der Waals surface area (Å²) >= 11 is 0. The zero-order valence-electron chi connectivity index (χ0n) is 8.33. The average Bonchev–Trinajstić information content (AvgIpc) is 2.58. The molecule has 0 amide bonds. The predicted molar refractivity (Wildman–Crippen MR) is 51.8 cm³/mol. The van der Waals surface area contributed by atoms with Gasteiger partial charge in [0.25, 0.3) is 0 Å². The van der Waals surface area contributed by atoms with Crippen molar-refractivity contribution in [2.45, 2.75) is 45.1 Å². The van der Waals surface area contributed by atoms with Crippen LogP contribution in [0.5, 0.6) is 0 Å². The van der Waals surface area contributed by atoms with Crippen LogP contribution in [0.2, 0.25) is 0 Å². The maximum Gasteiger partial charge on any atom is 0.303 e. The summed E-state index contributed by atoms with van der Waals surface area (Å²) in [7, 11) is 0. The van der Waals surface area contributed by atoms with Crippen LogP contribution in [-0.2, 0) is 4.79 Å². The molecular weight excluding hydrogens is 166 g/mol. The van der Waals surface area contributed by atoms with E-state index in [1.54, 1.807) is 0 Å². The molecule has 0 aromatic carbocycles. The molecule has 3 heteroatoms. The van der Waals surface area contributed by atoms with Crippen molar-refractivity contribution in [2.24, 2.45) is 0 Å². The van der Waals surface area contributed by atoms with Crippen LogP contribution in [0, 0.1) is 0 Å². The molecule has 13 heavy (non-hydrogen) atoms. The molecule has 1 aliphatic rings. The molecule has 0 spiro atoms. The normalized spacial score (nSPS) is 20.4. The lowest BCUT2D eigenvalue weighted by Gasteiger charge is -2.25. The third-order valence-corrected chi connectivity index (χ3v) is 2.82. The number of hydrogen-bond donors (Lipinski definition) is 1. The Balaban J connectivity index is 2.28. The highest BCUT2D eigenvalue weighted by atomic mass is 16.4. The predicted octanol–water partition coefficient (Wildman–Crippen LogP) is 1.73. The fourth-order valence-corrected chi connectivity index (χ4v) is 2.04. The quantitative estimate of drug-likeness (QED) is 0.709. The third-order valence-electron chi connectivity index (χ3n) is 2.82. The lowest BCUT2D eigenvalue weighted by Crippen LogP contribution is -2.32. The Labute approximate surface area is 79.7 Å². The molecule has 0 saturated carbocycles. The van der Waals surface area contributed by atoms with Crippen LogP contribution in [-0.4, -0.2) is 35.1 Å². The van der Waals surface area contributed by atoms with Gasteiger partial charge in [0, 0.05) is 12.5 Å². The Kier molecular flexibility index (Phi) is 4.22. The Bertz CT molecular complexity index is 164. The summed E-state index contributed by atoms with van der Waals surface area (Å²) in [5.74, 6) is -0.669. The van der Waals surface area contributed by atoms with Crippen LogP contribution < -0.4 is 0 Å². The van der Waals surface area contributed by atoms with Crippen molar-refractivity contribution < 1.29 is 9.90 Å². The van der Waals surface area contributed by atoms with E-state index in [9.17, 15) is 4.79 Å². The SMILES string of the molecule is CCC(CCC(=O)O)N1CCCC1. The topological polar surface area (TPSA) is 40.5 Å². The molecule has 1 aliphatic heterocycles. The van der Waals surface area contributed by atoms with E-state index in [2.05, 4.69) is 11.8 Å². The van der Waals surface area contributed by atoms with E-state index in [4.69, 9.17) is 5.11 Å². The summed E-state index contributed by atoms with van der Waals surface area (Å²) in [5.41, 5.74) is 0. The molecule has 1 unspecified atom stereocenters. The number of carboxylic acids is 1. The molecule has 1 heterocycles. The number of hydrogen-bond acceptors (Lipinski definition) is 2.